The summed E-state index contributed by atoms with van der Waals surface area (Å²) in [5.41, 5.74) is 0.241. The summed E-state index contributed by atoms with van der Waals surface area (Å²) in [7, 11) is 0. The van der Waals surface area contributed by atoms with Gasteiger partial charge in [0.1, 0.15) is 12.0 Å². The summed E-state index contributed by atoms with van der Waals surface area (Å²) in [6.45, 7) is 5.69. The number of carboxylic acids is 1. The summed E-state index contributed by atoms with van der Waals surface area (Å²) < 4.78 is 5.19. The number of thiophene rings is 1. The van der Waals surface area contributed by atoms with E-state index in [1.807, 2.05) is 6.07 Å². The van der Waals surface area contributed by atoms with Crippen LogP contribution in [-0.2, 0) is 12.0 Å². The minimum Gasteiger partial charge on any atom is -0.478 e. The van der Waals surface area contributed by atoms with Crippen molar-refractivity contribution in [1.82, 2.24) is 5.32 Å². The lowest BCUT2D eigenvalue weighted by molar-refractivity contribution is 0.0696. The molecular weight excluding hydrogens is 262 g/mol. The van der Waals surface area contributed by atoms with Crippen molar-refractivity contribution < 1.29 is 14.3 Å². The van der Waals surface area contributed by atoms with Crippen LogP contribution in [0.25, 0.3) is 0 Å². The maximum Gasteiger partial charge on any atom is 0.338 e. The average molecular weight is 279 g/mol. The molecule has 0 radical (unpaired) electrons. The molecule has 0 atom stereocenters. The van der Waals surface area contributed by atoms with E-state index in [1.165, 1.54) is 11.1 Å². The number of aromatic carboxylic acids is 1. The van der Waals surface area contributed by atoms with Gasteiger partial charge in [-0.15, -0.1) is 11.3 Å². The van der Waals surface area contributed by atoms with Gasteiger partial charge >= 0.3 is 5.97 Å². The first kappa shape index (κ1) is 13.8. The van der Waals surface area contributed by atoms with E-state index in [0.717, 1.165) is 6.54 Å². The molecule has 0 saturated carbocycles. The van der Waals surface area contributed by atoms with E-state index >= 15 is 0 Å². The first-order valence-electron chi connectivity index (χ1n) is 6.04. The van der Waals surface area contributed by atoms with Gasteiger partial charge in [-0.2, -0.15) is 0 Å². The molecule has 0 unspecified atom stereocenters. The predicted octanol–water partition coefficient (Wildman–Crippen LogP) is 3.11. The maximum atomic E-state index is 10.7. The Balaban J connectivity index is 1.87. The SMILES string of the molecule is CC(C)(CNCc1cc(C(=O)O)co1)c1cccs1. The Labute approximate surface area is 116 Å². The van der Waals surface area contributed by atoms with Crippen molar-refractivity contribution in [2.24, 2.45) is 0 Å². The van der Waals surface area contributed by atoms with E-state index < -0.39 is 5.97 Å². The lowest BCUT2D eigenvalue weighted by atomic mass is 9.91. The average Bonchev–Trinajstić information content (AvgIpc) is 3.00. The van der Waals surface area contributed by atoms with Gasteiger partial charge in [-0.1, -0.05) is 19.9 Å². The van der Waals surface area contributed by atoms with Crippen molar-refractivity contribution >= 4 is 17.3 Å². The molecule has 102 valence electrons. The second kappa shape index (κ2) is 5.59. The molecular formula is C14H17NO3S. The summed E-state index contributed by atoms with van der Waals surface area (Å²) in [6.07, 6.45) is 1.27. The number of carbonyl (C=O) groups is 1. The van der Waals surface area contributed by atoms with E-state index in [-0.39, 0.29) is 11.0 Å². The van der Waals surface area contributed by atoms with Crippen molar-refractivity contribution in [3.05, 3.63) is 46.0 Å². The molecule has 2 heterocycles. The van der Waals surface area contributed by atoms with Gasteiger partial charge in [0.15, 0.2) is 0 Å². The zero-order valence-corrected chi connectivity index (χ0v) is 11.8. The van der Waals surface area contributed by atoms with Gasteiger partial charge < -0.3 is 14.8 Å². The topological polar surface area (TPSA) is 62.5 Å². The molecule has 4 nitrogen and oxygen atoms in total. The number of nitrogens with one attached hydrogen (secondary N) is 1. The number of carboxylic acid groups (broad SMARTS) is 1. The van der Waals surface area contributed by atoms with E-state index in [0.29, 0.717) is 12.3 Å². The Hall–Kier alpha value is -1.59. The van der Waals surface area contributed by atoms with Gasteiger partial charge in [-0.25, -0.2) is 4.79 Å². The second-order valence-electron chi connectivity index (χ2n) is 5.07. The smallest absolute Gasteiger partial charge is 0.338 e. The van der Waals surface area contributed by atoms with Gasteiger partial charge in [0, 0.05) is 16.8 Å². The van der Waals surface area contributed by atoms with Crippen molar-refractivity contribution in [2.75, 3.05) is 6.54 Å². The first-order valence-corrected chi connectivity index (χ1v) is 6.92. The third kappa shape index (κ3) is 3.45. The zero-order valence-electron chi connectivity index (χ0n) is 11.0. The fourth-order valence-electron chi connectivity index (χ4n) is 1.83. The molecule has 0 aromatic carbocycles. The fourth-order valence-corrected chi connectivity index (χ4v) is 2.69. The predicted molar refractivity (Wildman–Crippen MR) is 74.7 cm³/mol. The Morgan fingerprint density at radius 1 is 1.53 bits per heavy atom. The van der Waals surface area contributed by atoms with Crippen molar-refractivity contribution in [1.29, 1.82) is 0 Å². The van der Waals surface area contributed by atoms with Crippen LogP contribution < -0.4 is 5.32 Å². The molecule has 0 amide bonds. The molecule has 2 aromatic heterocycles. The van der Waals surface area contributed by atoms with Gasteiger partial charge in [0.2, 0.25) is 0 Å². The molecule has 0 aliphatic rings. The molecule has 0 spiro atoms. The third-order valence-corrected chi connectivity index (χ3v) is 4.19. The highest BCUT2D eigenvalue weighted by Crippen LogP contribution is 2.26. The highest BCUT2D eigenvalue weighted by molar-refractivity contribution is 7.10. The van der Waals surface area contributed by atoms with Gasteiger partial charge in [-0.3, -0.25) is 0 Å². The Kier molecular flexibility index (Phi) is 4.07. The second-order valence-corrected chi connectivity index (χ2v) is 6.02. The minimum absolute atomic E-state index is 0.0520. The van der Waals surface area contributed by atoms with Crippen LogP contribution in [0.5, 0.6) is 0 Å². The van der Waals surface area contributed by atoms with Gasteiger partial charge in [0.05, 0.1) is 12.1 Å². The Bertz CT molecular complexity index is 543. The van der Waals surface area contributed by atoms with Crippen molar-refractivity contribution in [2.45, 2.75) is 25.8 Å². The monoisotopic (exact) mass is 279 g/mol. The summed E-state index contributed by atoms with van der Waals surface area (Å²) in [4.78, 5) is 12.0. The van der Waals surface area contributed by atoms with E-state index in [1.54, 1.807) is 17.4 Å². The molecule has 2 aromatic rings. The molecule has 0 aliphatic carbocycles. The number of rotatable bonds is 6. The van der Waals surface area contributed by atoms with Crippen LogP contribution in [0.2, 0.25) is 0 Å². The van der Waals surface area contributed by atoms with Crippen LogP contribution >= 0.6 is 11.3 Å². The maximum absolute atomic E-state index is 10.7. The number of hydrogen-bond donors (Lipinski definition) is 2. The Morgan fingerprint density at radius 2 is 2.32 bits per heavy atom. The molecule has 0 aliphatic heterocycles. The van der Waals surface area contributed by atoms with Crippen LogP contribution in [-0.4, -0.2) is 17.6 Å². The summed E-state index contributed by atoms with van der Waals surface area (Å²) in [5, 5.41) is 14.2. The molecule has 2 N–H and O–H groups in total. The molecule has 19 heavy (non-hydrogen) atoms. The molecule has 5 heteroatoms. The van der Waals surface area contributed by atoms with Crippen LogP contribution in [0.1, 0.15) is 34.8 Å². The molecule has 0 fully saturated rings. The molecule has 0 bridgehead atoms. The van der Waals surface area contributed by atoms with Gasteiger partial charge in [0.25, 0.3) is 0 Å². The van der Waals surface area contributed by atoms with Crippen molar-refractivity contribution in [3.63, 3.8) is 0 Å². The zero-order chi connectivity index (χ0) is 13.9. The lowest BCUT2D eigenvalue weighted by Crippen LogP contribution is -2.31. The minimum atomic E-state index is -0.964. The highest BCUT2D eigenvalue weighted by atomic mass is 32.1. The number of hydrogen-bond acceptors (Lipinski definition) is 4. The lowest BCUT2D eigenvalue weighted by Gasteiger charge is -2.23. The fraction of sp³-hybridized carbons (Fsp3) is 0.357. The summed E-state index contributed by atoms with van der Waals surface area (Å²) >= 11 is 1.74. The normalized spacial score (nSPS) is 11.7. The van der Waals surface area contributed by atoms with Crippen LogP contribution in [0.3, 0.4) is 0 Å². The number of furan rings is 1. The third-order valence-electron chi connectivity index (χ3n) is 2.96. The largest absolute Gasteiger partial charge is 0.478 e. The van der Waals surface area contributed by atoms with E-state index in [4.69, 9.17) is 9.52 Å². The van der Waals surface area contributed by atoms with Crippen molar-refractivity contribution in [3.8, 4) is 0 Å². The molecule has 2 rings (SSSR count). The van der Waals surface area contributed by atoms with E-state index in [2.05, 4.69) is 30.6 Å². The van der Waals surface area contributed by atoms with E-state index in [9.17, 15) is 4.79 Å². The van der Waals surface area contributed by atoms with Crippen LogP contribution in [0, 0.1) is 0 Å². The van der Waals surface area contributed by atoms with Gasteiger partial charge in [-0.05, 0) is 17.5 Å². The quantitative estimate of drug-likeness (QED) is 0.853. The first-order chi connectivity index (χ1) is 8.99. The standard InChI is InChI=1S/C14H17NO3S/c1-14(2,12-4-3-5-19-12)9-15-7-11-6-10(8-18-11)13(16)17/h3-6,8,15H,7,9H2,1-2H3,(H,16,17). The molecule has 0 saturated heterocycles. The van der Waals surface area contributed by atoms with Crippen LogP contribution in [0.4, 0.5) is 0 Å². The van der Waals surface area contributed by atoms with Crippen LogP contribution in [0.15, 0.2) is 34.3 Å². The highest BCUT2D eigenvalue weighted by Gasteiger charge is 2.21. The summed E-state index contributed by atoms with van der Waals surface area (Å²) in [5.74, 6) is -0.326. The Morgan fingerprint density at radius 3 is 2.89 bits per heavy atom. The summed E-state index contributed by atoms with van der Waals surface area (Å²) in [6, 6.07) is 5.72.